The van der Waals surface area contributed by atoms with Crippen LogP contribution >= 0.6 is 0 Å². The van der Waals surface area contributed by atoms with Gasteiger partial charge < -0.3 is 10.1 Å². The van der Waals surface area contributed by atoms with Crippen molar-refractivity contribution < 1.29 is 9.53 Å². The van der Waals surface area contributed by atoms with E-state index in [9.17, 15) is 4.79 Å². The second kappa shape index (κ2) is 6.40. The predicted molar refractivity (Wildman–Crippen MR) is 66.7 cm³/mol. The Hall–Kier alpha value is -1.35. The Morgan fingerprint density at radius 1 is 1.24 bits per heavy atom. The van der Waals surface area contributed by atoms with Gasteiger partial charge in [0.25, 0.3) is 0 Å². The lowest BCUT2D eigenvalue weighted by atomic mass is 10.1. The fourth-order valence-electron chi connectivity index (χ4n) is 2.05. The van der Waals surface area contributed by atoms with Gasteiger partial charge in [-0.05, 0) is 37.9 Å². The fourth-order valence-corrected chi connectivity index (χ4v) is 2.05. The smallest absolute Gasteiger partial charge is 0.306 e. The highest BCUT2D eigenvalue weighted by atomic mass is 16.5. The van der Waals surface area contributed by atoms with Crippen LogP contribution < -0.4 is 5.32 Å². The van der Waals surface area contributed by atoms with Crippen LogP contribution in [-0.2, 0) is 16.0 Å². The molecule has 1 heterocycles. The molecule has 0 aliphatic carbocycles. The van der Waals surface area contributed by atoms with Gasteiger partial charge in [0, 0.05) is 6.42 Å². The molecule has 1 aliphatic heterocycles. The number of ether oxygens (including phenoxy) is 1. The van der Waals surface area contributed by atoms with Gasteiger partial charge in [-0.15, -0.1) is 0 Å². The first-order chi connectivity index (χ1) is 8.34. The summed E-state index contributed by atoms with van der Waals surface area (Å²) in [5.74, 6) is -0.0687. The highest BCUT2D eigenvalue weighted by molar-refractivity contribution is 5.69. The van der Waals surface area contributed by atoms with Crippen LogP contribution in [0.1, 0.15) is 24.8 Å². The number of carbonyl (C=O) groups is 1. The minimum atomic E-state index is -0.0687. The van der Waals surface area contributed by atoms with Gasteiger partial charge in [0.15, 0.2) is 0 Å². The second-order valence-corrected chi connectivity index (χ2v) is 4.42. The van der Waals surface area contributed by atoms with Gasteiger partial charge in [-0.25, -0.2) is 0 Å². The van der Waals surface area contributed by atoms with Crippen molar-refractivity contribution in [2.45, 2.75) is 31.8 Å². The predicted octanol–water partition coefficient (Wildman–Crippen LogP) is 1.91. The molecular weight excluding hydrogens is 214 g/mol. The average Bonchev–Trinajstić information content (AvgIpc) is 2.39. The van der Waals surface area contributed by atoms with Crippen LogP contribution in [0.25, 0.3) is 0 Å². The summed E-state index contributed by atoms with van der Waals surface area (Å²) in [7, 11) is 0. The van der Waals surface area contributed by atoms with Gasteiger partial charge in [-0.2, -0.15) is 0 Å². The van der Waals surface area contributed by atoms with Crippen LogP contribution in [0.3, 0.4) is 0 Å². The molecule has 1 aromatic carbocycles. The van der Waals surface area contributed by atoms with E-state index in [1.807, 2.05) is 30.3 Å². The van der Waals surface area contributed by atoms with Crippen LogP contribution in [0.4, 0.5) is 0 Å². The van der Waals surface area contributed by atoms with Crippen molar-refractivity contribution in [3.05, 3.63) is 35.9 Å². The zero-order chi connectivity index (χ0) is 11.9. The number of hydrogen-bond acceptors (Lipinski definition) is 3. The zero-order valence-corrected chi connectivity index (χ0v) is 10.0. The van der Waals surface area contributed by atoms with E-state index in [4.69, 9.17) is 4.74 Å². The summed E-state index contributed by atoms with van der Waals surface area (Å²) in [5, 5.41) is 3.25. The molecular formula is C14H19NO2. The minimum absolute atomic E-state index is 0.0687. The third-order valence-corrected chi connectivity index (χ3v) is 3.04. The first-order valence-electron chi connectivity index (χ1n) is 6.29. The van der Waals surface area contributed by atoms with Crippen LogP contribution in [0.2, 0.25) is 0 Å². The number of nitrogens with one attached hydrogen (secondary N) is 1. The molecule has 0 saturated carbocycles. The Labute approximate surface area is 102 Å². The molecule has 1 N–H and O–H groups in total. The molecule has 0 radical (unpaired) electrons. The number of aryl methyl sites for hydroxylation is 1. The molecule has 17 heavy (non-hydrogen) atoms. The van der Waals surface area contributed by atoms with E-state index in [1.54, 1.807) is 0 Å². The van der Waals surface area contributed by atoms with Crippen molar-refractivity contribution in [3.63, 3.8) is 0 Å². The normalized spacial score (nSPS) is 16.7. The second-order valence-electron chi connectivity index (χ2n) is 4.42. The number of piperidine rings is 1. The lowest BCUT2D eigenvalue weighted by Gasteiger charge is -2.22. The summed E-state index contributed by atoms with van der Waals surface area (Å²) in [4.78, 5) is 11.6. The van der Waals surface area contributed by atoms with Gasteiger partial charge in [-0.3, -0.25) is 4.79 Å². The maximum absolute atomic E-state index is 11.6. The number of esters is 1. The standard InChI is InChI=1S/C14H19NO2/c16-14(17-13-8-10-15-11-9-13)7-6-12-4-2-1-3-5-12/h1-5,13,15H,6-11H2. The molecule has 2 rings (SSSR count). The van der Waals surface area contributed by atoms with E-state index in [0.29, 0.717) is 6.42 Å². The average molecular weight is 233 g/mol. The van der Waals surface area contributed by atoms with Crippen molar-refractivity contribution in [2.24, 2.45) is 0 Å². The maximum Gasteiger partial charge on any atom is 0.306 e. The number of hydrogen-bond donors (Lipinski definition) is 1. The maximum atomic E-state index is 11.6. The molecule has 0 unspecified atom stereocenters. The fraction of sp³-hybridized carbons (Fsp3) is 0.500. The minimum Gasteiger partial charge on any atom is -0.462 e. The molecule has 0 aromatic heterocycles. The van der Waals surface area contributed by atoms with E-state index in [1.165, 1.54) is 5.56 Å². The molecule has 1 aliphatic rings. The SMILES string of the molecule is O=C(CCc1ccccc1)OC1CCNCC1. The van der Waals surface area contributed by atoms with Crippen molar-refractivity contribution in [2.75, 3.05) is 13.1 Å². The molecule has 3 heteroatoms. The van der Waals surface area contributed by atoms with Gasteiger partial charge in [0.2, 0.25) is 0 Å². The lowest BCUT2D eigenvalue weighted by molar-refractivity contribution is -0.150. The van der Waals surface area contributed by atoms with Gasteiger partial charge in [0.05, 0.1) is 0 Å². The third kappa shape index (κ3) is 4.19. The molecule has 0 spiro atoms. The summed E-state index contributed by atoms with van der Waals surface area (Å²) in [6.45, 7) is 1.91. The number of rotatable bonds is 4. The molecule has 92 valence electrons. The van der Waals surface area contributed by atoms with Crippen LogP contribution in [-0.4, -0.2) is 25.2 Å². The van der Waals surface area contributed by atoms with Crippen molar-refractivity contribution in [1.29, 1.82) is 0 Å². The van der Waals surface area contributed by atoms with E-state index >= 15 is 0 Å². The Morgan fingerprint density at radius 2 is 1.94 bits per heavy atom. The topological polar surface area (TPSA) is 38.3 Å². The van der Waals surface area contributed by atoms with Crippen LogP contribution in [0, 0.1) is 0 Å². The molecule has 0 amide bonds. The quantitative estimate of drug-likeness (QED) is 0.807. The molecule has 1 fully saturated rings. The summed E-state index contributed by atoms with van der Waals surface area (Å²) in [5.41, 5.74) is 1.19. The zero-order valence-electron chi connectivity index (χ0n) is 10.0. The monoisotopic (exact) mass is 233 g/mol. The first kappa shape index (κ1) is 12.1. The molecule has 0 bridgehead atoms. The van der Waals surface area contributed by atoms with Gasteiger partial charge in [0.1, 0.15) is 6.10 Å². The Kier molecular flexibility index (Phi) is 4.56. The van der Waals surface area contributed by atoms with Gasteiger partial charge >= 0.3 is 5.97 Å². The van der Waals surface area contributed by atoms with E-state index in [-0.39, 0.29) is 12.1 Å². The van der Waals surface area contributed by atoms with Crippen LogP contribution in [0.5, 0.6) is 0 Å². The van der Waals surface area contributed by atoms with E-state index in [0.717, 1.165) is 32.4 Å². The molecule has 0 atom stereocenters. The number of carbonyl (C=O) groups excluding carboxylic acids is 1. The van der Waals surface area contributed by atoms with Gasteiger partial charge in [-0.1, -0.05) is 30.3 Å². The Morgan fingerprint density at radius 3 is 2.65 bits per heavy atom. The summed E-state index contributed by atoms with van der Waals surface area (Å²) in [6.07, 6.45) is 3.26. The molecule has 1 aromatic rings. The van der Waals surface area contributed by atoms with Crippen molar-refractivity contribution >= 4 is 5.97 Å². The van der Waals surface area contributed by atoms with Crippen molar-refractivity contribution in [1.82, 2.24) is 5.32 Å². The summed E-state index contributed by atoms with van der Waals surface area (Å²) < 4.78 is 5.43. The summed E-state index contributed by atoms with van der Waals surface area (Å²) in [6, 6.07) is 10.0. The summed E-state index contributed by atoms with van der Waals surface area (Å²) >= 11 is 0. The highest BCUT2D eigenvalue weighted by Crippen LogP contribution is 2.10. The number of benzene rings is 1. The highest BCUT2D eigenvalue weighted by Gasteiger charge is 2.16. The van der Waals surface area contributed by atoms with E-state index < -0.39 is 0 Å². The molecule has 3 nitrogen and oxygen atoms in total. The molecule has 1 saturated heterocycles. The largest absolute Gasteiger partial charge is 0.462 e. The van der Waals surface area contributed by atoms with E-state index in [2.05, 4.69) is 5.32 Å². The lowest BCUT2D eigenvalue weighted by Crippen LogP contribution is -2.33. The Balaban J connectivity index is 1.70. The van der Waals surface area contributed by atoms with Crippen LogP contribution in [0.15, 0.2) is 30.3 Å². The first-order valence-corrected chi connectivity index (χ1v) is 6.29. The third-order valence-electron chi connectivity index (χ3n) is 3.04. The van der Waals surface area contributed by atoms with Crippen molar-refractivity contribution in [3.8, 4) is 0 Å². The Bertz CT molecular complexity index is 344.